The van der Waals surface area contributed by atoms with Crippen LogP contribution >= 0.6 is 11.6 Å². The Kier molecular flexibility index (Phi) is 5.91. The lowest BCUT2D eigenvalue weighted by Gasteiger charge is -2.45. The molecule has 1 aliphatic rings. The minimum absolute atomic E-state index is 0.0682. The molecule has 134 valence electrons. The largest absolute Gasteiger partial charge is 0.597 e. The average molecular weight is 372 g/mol. The van der Waals surface area contributed by atoms with Crippen molar-refractivity contribution in [2.45, 2.75) is 57.7 Å². The molecule has 0 aromatic heterocycles. The van der Waals surface area contributed by atoms with Gasteiger partial charge in [0.1, 0.15) is 4.75 Å². The second kappa shape index (κ2) is 7.24. The predicted octanol–water partition coefficient (Wildman–Crippen LogP) is 3.90. The maximum Gasteiger partial charge on any atom is 0.310 e. The zero-order valence-corrected chi connectivity index (χ0v) is 16.3. The standard InChI is InChI=1S/C18H26ClNO3S/c1-17(2,3)24(23)20-12-18(4,16(21)22)10-9-15(20)11-13-5-7-14(19)8-6-13/h5-8,15H,9-12H2,1-4H3,(H,21,22)/t15-,18?,24?/m1/s1. The normalized spacial score (nSPS) is 27.0. The summed E-state index contributed by atoms with van der Waals surface area (Å²) in [4.78, 5) is 11.7. The first-order valence-corrected chi connectivity index (χ1v) is 9.68. The third-order valence-corrected chi connectivity index (χ3v) is 6.73. The summed E-state index contributed by atoms with van der Waals surface area (Å²) in [6.45, 7) is 7.84. The molecule has 1 heterocycles. The Morgan fingerprint density at radius 1 is 1.42 bits per heavy atom. The van der Waals surface area contributed by atoms with Crippen LogP contribution in [0.15, 0.2) is 24.3 Å². The fourth-order valence-electron chi connectivity index (χ4n) is 3.00. The minimum Gasteiger partial charge on any atom is -0.597 e. The first-order valence-electron chi connectivity index (χ1n) is 8.19. The highest BCUT2D eigenvalue weighted by Gasteiger charge is 2.48. The highest BCUT2D eigenvalue weighted by Crippen LogP contribution is 2.38. The number of piperidine rings is 1. The summed E-state index contributed by atoms with van der Waals surface area (Å²) in [5, 5.41) is 10.3. The maximum atomic E-state index is 13.0. The van der Waals surface area contributed by atoms with E-state index in [0.29, 0.717) is 24.4 Å². The predicted molar refractivity (Wildman–Crippen MR) is 98.5 cm³/mol. The molecular weight excluding hydrogens is 346 g/mol. The van der Waals surface area contributed by atoms with Crippen LogP contribution in [-0.2, 0) is 22.6 Å². The van der Waals surface area contributed by atoms with Gasteiger partial charge in [0.05, 0.1) is 18.0 Å². The van der Waals surface area contributed by atoms with Crippen molar-refractivity contribution in [2.24, 2.45) is 5.41 Å². The lowest BCUT2D eigenvalue weighted by Crippen LogP contribution is -2.57. The number of carboxylic acids is 1. The van der Waals surface area contributed by atoms with E-state index in [1.165, 1.54) is 0 Å². The van der Waals surface area contributed by atoms with E-state index < -0.39 is 27.5 Å². The molecule has 0 aliphatic carbocycles. The fraction of sp³-hybridized carbons (Fsp3) is 0.611. The Bertz CT molecular complexity index is 587. The van der Waals surface area contributed by atoms with Gasteiger partial charge in [0.2, 0.25) is 0 Å². The van der Waals surface area contributed by atoms with Gasteiger partial charge >= 0.3 is 5.97 Å². The summed E-state index contributed by atoms with van der Waals surface area (Å²) < 4.78 is 14.5. The summed E-state index contributed by atoms with van der Waals surface area (Å²) in [5.41, 5.74) is 0.274. The van der Waals surface area contributed by atoms with E-state index in [1.807, 2.05) is 49.3 Å². The smallest absolute Gasteiger partial charge is 0.310 e. The lowest BCUT2D eigenvalue weighted by molar-refractivity contribution is -0.150. The van der Waals surface area contributed by atoms with Gasteiger partial charge in [-0.15, -0.1) is 4.31 Å². The maximum absolute atomic E-state index is 13.0. The Hall–Kier alpha value is -0.750. The SMILES string of the molecule is CC1(C(=O)O)CC[C@H](Cc2ccc(Cl)cc2)N([S+]([O-])C(C)(C)C)C1. The Morgan fingerprint density at radius 3 is 2.50 bits per heavy atom. The summed E-state index contributed by atoms with van der Waals surface area (Å²) in [5.74, 6) is -0.816. The number of carboxylic acid groups (broad SMARTS) is 1. The Morgan fingerprint density at radius 2 is 2.00 bits per heavy atom. The number of halogens is 1. The summed E-state index contributed by atoms with van der Waals surface area (Å²) in [6, 6.07) is 7.73. The van der Waals surface area contributed by atoms with Gasteiger partial charge in [-0.05, 0) is 64.7 Å². The molecular formula is C18H26ClNO3S. The molecule has 2 rings (SSSR count). The molecule has 1 aromatic carbocycles. The number of rotatable bonds is 4. The van der Waals surface area contributed by atoms with E-state index >= 15 is 0 Å². The van der Waals surface area contributed by atoms with Gasteiger partial charge in [0.15, 0.2) is 0 Å². The van der Waals surface area contributed by atoms with Gasteiger partial charge in [0, 0.05) is 16.4 Å². The van der Waals surface area contributed by atoms with Crippen molar-refractivity contribution in [3.8, 4) is 0 Å². The molecule has 1 fully saturated rings. The quantitative estimate of drug-likeness (QED) is 0.815. The number of aliphatic carboxylic acids is 1. The van der Waals surface area contributed by atoms with Gasteiger partial charge in [-0.3, -0.25) is 4.79 Å². The van der Waals surface area contributed by atoms with Crippen molar-refractivity contribution < 1.29 is 14.5 Å². The first kappa shape index (κ1) is 19.6. The van der Waals surface area contributed by atoms with Crippen LogP contribution in [0.5, 0.6) is 0 Å². The summed E-state index contributed by atoms with van der Waals surface area (Å²) in [6.07, 6.45) is 2.06. The van der Waals surface area contributed by atoms with Gasteiger partial charge < -0.3 is 9.66 Å². The molecule has 1 N–H and O–H groups in total. The average Bonchev–Trinajstić information content (AvgIpc) is 2.49. The zero-order valence-electron chi connectivity index (χ0n) is 14.7. The van der Waals surface area contributed by atoms with E-state index in [-0.39, 0.29) is 6.04 Å². The molecule has 1 saturated heterocycles. The molecule has 1 aromatic rings. The second-order valence-corrected chi connectivity index (χ2v) is 10.5. The van der Waals surface area contributed by atoms with Gasteiger partial charge in [-0.1, -0.05) is 23.7 Å². The van der Waals surface area contributed by atoms with Gasteiger partial charge in [0.25, 0.3) is 0 Å². The van der Waals surface area contributed by atoms with Crippen LogP contribution in [0.2, 0.25) is 5.02 Å². The molecule has 1 aliphatic heterocycles. The van der Waals surface area contributed by atoms with E-state index in [0.717, 1.165) is 12.0 Å². The summed E-state index contributed by atoms with van der Waals surface area (Å²) >= 11 is 4.69. The molecule has 0 spiro atoms. The summed E-state index contributed by atoms with van der Waals surface area (Å²) in [7, 11) is 0. The molecule has 0 amide bonds. The number of hydrogen-bond donors (Lipinski definition) is 1. The van der Waals surface area contributed by atoms with Crippen molar-refractivity contribution in [2.75, 3.05) is 6.54 Å². The van der Waals surface area contributed by atoms with Crippen molar-refractivity contribution >= 4 is 28.9 Å². The van der Waals surface area contributed by atoms with Crippen molar-refractivity contribution in [1.29, 1.82) is 0 Å². The molecule has 0 bridgehead atoms. The third-order valence-electron chi connectivity index (χ3n) is 4.58. The third kappa shape index (κ3) is 4.45. The molecule has 6 heteroatoms. The van der Waals surface area contributed by atoms with Crippen LogP contribution in [0.3, 0.4) is 0 Å². The number of benzene rings is 1. The number of nitrogens with zero attached hydrogens (tertiary/aromatic N) is 1. The minimum atomic E-state index is -1.25. The van der Waals surface area contributed by atoms with Crippen molar-refractivity contribution in [1.82, 2.24) is 4.31 Å². The fourth-order valence-corrected chi connectivity index (χ4v) is 4.68. The van der Waals surface area contributed by atoms with Crippen LogP contribution < -0.4 is 0 Å². The van der Waals surface area contributed by atoms with E-state index in [2.05, 4.69) is 0 Å². The van der Waals surface area contributed by atoms with Crippen molar-refractivity contribution in [3.05, 3.63) is 34.9 Å². The van der Waals surface area contributed by atoms with Crippen LogP contribution in [0.4, 0.5) is 0 Å². The second-order valence-electron chi connectivity index (χ2n) is 7.83. The molecule has 4 nitrogen and oxygen atoms in total. The first-order chi connectivity index (χ1) is 11.0. The van der Waals surface area contributed by atoms with Crippen LogP contribution in [0.25, 0.3) is 0 Å². The van der Waals surface area contributed by atoms with E-state index in [1.54, 1.807) is 6.92 Å². The van der Waals surface area contributed by atoms with Crippen LogP contribution in [-0.4, -0.2) is 37.3 Å². The van der Waals surface area contributed by atoms with Gasteiger partial charge in [-0.25, -0.2) is 0 Å². The Balaban J connectivity index is 2.24. The molecule has 24 heavy (non-hydrogen) atoms. The van der Waals surface area contributed by atoms with Crippen LogP contribution in [0, 0.1) is 5.41 Å². The topological polar surface area (TPSA) is 63.6 Å². The monoisotopic (exact) mass is 371 g/mol. The molecule has 0 radical (unpaired) electrons. The van der Waals surface area contributed by atoms with E-state index in [4.69, 9.17) is 11.6 Å². The van der Waals surface area contributed by atoms with Gasteiger partial charge in [-0.2, -0.15) is 0 Å². The highest BCUT2D eigenvalue weighted by atomic mass is 35.5. The number of carbonyl (C=O) groups is 1. The number of hydrogen-bond acceptors (Lipinski definition) is 3. The molecule has 3 atom stereocenters. The van der Waals surface area contributed by atoms with Crippen molar-refractivity contribution in [3.63, 3.8) is 0 Å². The lowest BCUT2D eigenvalue weighted by atomic mass is 9.79. The Labute approximate surface area is 152 Å². The molecule has 2 unspecified atom stereocenters. The molecule has 0 saturated carbocycles. The van der Waals surface area contributed by atoms with E-state index in [9.17, 15) is 14.5 Å². The zero-order chi connectivity index (χ0) is 18.1. The highest BCUT2D eigenvalue weighted by molar-refractivity contribution is 7.90. The van der Waals surface area contributed by atoms with Crippen LogP contribution in [0.1, 0.15) is 46.1 Å².